The highest BCUT2D eigenvalue weighted by molar-refractivity contribution is 7.47. The van der Waals surface area contributed by atoms with Crippen LogP contribution in [0, 0.1) is 0 Å². The summed E-state index contributed by atoms with van der Waals surface area (Å²) in [4.78, 5) is 34.9. The van der Waals surface area contributed by atoms with E-state index in [2.05, 4.69) is 31.3 Å². The Kier molecular flexibility index (Phi) is 34.6. The van der Waals surface area contributed by atoms with E-state index in [-0.39, 0.29) is 25.6 Å². The summed E-state index contributed by atoms with van der Waals surface area (Å²) in [5, 5.41) is 2.82. The van der Waals surface area contributed by atoms with Crippen LogP contribution in [-0.4, -0.2) is 56.3 Å². The van der Waals surface area contributed by atoms with E-state index in [9.17, 15) is 19.0 Å². The number of esters is 2. The van der Waals surface area contributed by atoms with Crippen LogP contribution < -0.4 is 5.32 Å². The van der Waals surface area contributed by atoms with Gasteiger partial charge in [-0.25, -0.2) is 4.57 Å². The van der Waals surface area contributed by atoms with Gasteiger partial charge in [-0.2, -0.15) is 0 Å². The third-order valence-corrected chi connectivity index (χ3v) is 9.37. The van der Waals surface area contributed by atoms with Gasteiger partial charge in [0.05, 0.1) is 13.2 Å². The minimum absolute atomic E-state index is 0.0157. The van der Waals surface area contributed by atoms with Crippen molar-refractivity contribution in [3.8, 4) is 0 Å². The van der Waals surface area contributed by atoms with Crippen LogP contribution in [0.2, 0.25) is 0 Å². The predicted octanol–water partition coefficient (Wildman–Crippen LogP) is 10.5. The molecule has 0 spiro atoms. The molecule has 284 valence electrons. The molecule has 10 heteroatoms. The average molecular weight is 704 g/mol. The molecule has 0 aromatic carbocycles. The largest absolute Gasteiger partial charge is 0.472 e. The zero-order valence-electron chi connectivity index (χ0n) is 31.2. The van der Waals surface area contributed by atoms with Crippen LogP contribution >= 0.6 is 7.82 Å². The van der Waals surface area contributed by atoms with E-state index < -0.39 is 26.5 Å². The smallest absolute Gasteiger partial charge is 0.462 e. The molecule has 0 rings (SSSR count). The zero-order chi connectivity index (χ0) is 35.4. The number of hydrogen-bond donors (Lipinski definition) is 2. The lowest BCUT2D eigenvalue weighted by Crippen LogP contribution is -2.29. The van der Waals surface area contributed by atoms with Crippen molar-refractivity contribution in [1.29, 1.82) is 0 Å². The summed E-state index contributed by atoms with van der Waals surface area (Å²) in [5.74, 6) is -0.811. The van der Waals surface area contributed by atoms with Gasteiger partial charge in [-0.05, 0) is 45.6 Å². The van der Waals surface area contributed by atoms with Crippen molar-refractivity contribution in [3.05, 3.63) is 12.2 Å². The molecule has 0 radical (unpaired) electrons. The van der Waals surface area contributed by atoms with Gasteiger partial charge in [0.25, 0.3) is 0 Å². The van der Waals surface area contributed by atoms with Crippen molar-refractivity contribution in [2.75, 3.05) is 33.4 Å². The Morgan fingerprint density at radius 3 is 1.56 bits per heavy atom. The summed E-state index contributed by atoms with van der Waals surface area (Å²) in [6, 6.07) is 0. The lowest BCUT2D eigenvalue weighted by molar-refractivity contribution is -0.161. The van der Waals surface area contributed by atoms with Crippen molar-refractivity contribution in [1.82, 2.24) is 5.32 Å². The highest BCUT2D eigenvalue weighted by Gasteiger charge is 2.26. The summed E-state index contributed by atoms with van der Waals surface area (Å²) in [6.45, 7) is 4.20. The van der Waals surface area contributed by atoms with E-state index >= 15 is 0 Å². The number of ether oxygens (including phenoxy) is 2. The van der Waals surface area contributed by atoms with Crippen LogP contribution in [0.3, 0.4) is 0 Å². The quantitative estimate of drug-likeness (QED) is 0.0282. The van der Waals surface area contributed by atoms with Crippen molar-refractivity contribution in [2.45, 2.75) is 187 Å². The normalized spacial score (nSPS) is 13.5. The number of phosphoric ester groups is 1. The third kappa shape index (κ3) is 34.6. The fraction of sp³-hybridized carbons (Fsp3) is 0.895. The number of phosphoric acid groups is 1. The Morgan fingerprint density at radius 2 is 1.06 bits per heavy atom. The van der Waals surface area contributed by atoms with Crippen LogP contribution in [0.5, 0.6) is 0 Å². The highest BCUT2D eigenvalue weighted by atomic mass is 31.2. The second-order valence-electron chi connectivity index (χ2n) is 13.1. The Balaban J connectivity index is 4.28. The second kappa shape index (κ2) is 35.6. The van der Waals surface area contributed by atoms with Crippen LogP contribution in [0.25, 0.3) is 0 Å². The van der Waals surface area contributed by atoms with Gasteiger partial charge in [0.2, 0.25) is 0 Å². The van der Waals surface area contributed by atoms with E-state index in [4.69, 9.17) is 18.5 Å². The Labute approximate surface area is 294 Å². The Hall–Kier alpha value is -1.25. The van der Waals surface area contributed by atoms with Crippen molar-refractivity contribution >= 4 is 19.8 Å². The molecule has 0 aromatic heterocycles. The molecule has 0 aromatic rings. The predicted molar refractivity (Wildman–Crippen MR) is 197 cm³/mol. The zero-order valence-corrected chi connectivity index (χ0v) is 32.1. The second-order valence-corrected chi connectivity index (χ2v) is 14.6. The molecule has 0 aliphatic carbocycles. The monoisotopic (exact) mass is 704 g/mol. The van der Waals surface area contributed by atoms with Crippen LogP contribution in [0.4, 0.5) is 0 Å². The van der Waals surface area contributed by atoms with E-state index in [1.54, 1.807) is 7.05 Å². The van der Waals surface area contributed by atoms with Gasteiger partial charge in [0.15, 0.2) is 6.10 Å². The van der Waals surface area contributed by atoms with Crippen LogP contribution in [0.15, 0.2) is 12.2 Å². The molecule has 48 heavy (non-hydrogen) atoms. The molecule has 0 bridgehead atoms. The summed E-state index contributed by atoms with van der Waals surface area (Å²) < 4.78 is 33.1. The number of unbranched alkanes of at least 4 members (excludes halogenated alkanes) is 21. The molecule has 2 atom stereocenters. The lowest BCUT2D eigenvalue weighted by atomic mass is 10.0. The molecule has 0 fully saturated rings. The lowest BCUT2D eigenvalue weighted by Gasteiger charge is -2.20. The first-order chi connectivity index (χ1) is 23.3. The van der Waals surface area contributed by atoms with E-state index in [1.807, 2.05) is 0 Å². The maximum absolute atomic E-state index is 12.5. The van der Waals surface area contributed by atoms with E-state index in [1.165, 1.54) is 96.3 Å². The maximum Gasteiger partial charge on any atom is 0.472 e. The molecular formula is C38H74NO8P. The molecule has 0 heterocycles. The topological polar surface area (TPSA) is 120 Å². The summed E-state index contributed by atoms with van der Waals surface area (Å²) in [5.41, 5.74) is 0. The van der Waals surface area contributed by atoms with Gasteiger partial charge in [-0.1, -0.05) is 142 Å². The number of rotatable bonds is 37. The van der Waals surface area contributed by atoms with E-state index in [0.29, 0.717) is 19.4 Å². The maximum atomic E-state index is 12.5. The Bertz CT molecular complexity index is 810. The van der Waals surface area contributed by atoms with Gasteiger partial charge in [0, 0.05) is 19.4 Å². The fourth-order valence-corrected chi connectivity index (χ4v) is 6.12. The molecule has 9 nitrogen and oxygen atoms in total. The van der Waals surface area contributed by atoms with Crippen LogP contribution in [-0.2, 0) is 32.7 Å². The average Bonchev–Trinajstić information content (AvgIpc) is 3.06. The number of carbonyl (C=O) groups excluding carboxylic acids is 2. The first-order valence-corrected chi connectivity index (χ1v) is 21.1. The SMILES string of the molecule is CCCCCC/C=C\CCCCCCCC(=O)OC(COC(=O)CCCCCCCCCCCCCCC)COP(=O)(O)OCCNC. The van der Waals surface area contributed by atoms with Gasteiger partial charge in [0.1, 0.15) is 6.61 Å². The number of carbonyl (C=O) groups is 2. The molecule has 0 amide bonds. The van der Waals surface area contributed by atoms with Gasteiger partial charge < -0.3 is 19.7 Å². The molecule has 0 saturated heterocycles. The van der Waals surface area contributed by atoms with Gasteiger partial charge in [-0.3, -0.25) is 18.6 Å². The van der Waals surface area contributed by atoms with Crippen LogP contribution in [0.1, 0.15) is 181 Å². The summed E-state index contributed by atoms with van der Waals surface area (Å²) in [7, 11) is -2.64. The minimum atomic E-state index is -4.34. The standard InChI is InChI=1S/C38H74NO8P/c1-4-6-8-10-12-14-16-18-20-22-24-26-28-30-37(40)44-34-36(35-46-48(42,43)45-33-32-39-3)47-38(41)31-29-27-25-23-21-19-17-15-13-11-9-7-5-2/h15,17,36,39H,4-14,16,18-35H2,1-3H3,(H,42,43)/b17-15-. The molecule has 0 aliphatic heterocycles. The molecule has 2 unspecified atom stereocenters. The highest BCUT2D eigenvalue weighted by Crippen LogP contribution is 2.43. The Morgan fingerprint density at radius 1 is 0.625 bits per heavy atom. The fourth-order valence-electron chi connectivity index (χ4n) is 5.37. The first kappa shape index (κ1) is 46.8. The van der Waals surface area contributed by atoms with Gasteiger partial charge >= 0.3 is 19.8 Å². The summed E-state index contributed by atoms with van der Waals surface area (Å²) >= 11 is 0. The molecular weight excluding hydrogens is 629 g/mol. The number of nitrogens with one attached hydrogen (secondary N) is 1. The summed E-state index contributed by atoms with van der Waals surface area (Å²) in [6.07, 6.45) is 32.5. The van der Waals surface area contributed by atoms with Crippen molar-refractivity contribution in [2.24, 2.45) is 0 Å². The molecule has 2 N–H and O–H groups in total. The third-order valence-electron chi connectivity index (χ3n) is 8.39. The number of allylic oxidation sites excluding steroid dienone is 2. The first-order valence-electron chi connectivity index (χ1n) is 19.6. The number of hydrogen-bond acceptors (Lipinski definition) is 8. The van der Waals surface area contributed by atoms with Crippen molar-refractivity contribution in [3.63, 3.8) is 0 Å². The number of likely N-dealkylation sites (N-methyl/N-ethyl adjacent to an activating group) is 1. The minimum Gasteiger partial charge on any atom is -0.462 e. The van der Waals surface area contributed by atoms with Crippen molar-refractivity contribution < 1.29 is 37.6 Å². The van der Waals surface area contributed by atoms with Gasteiger partial charge in [-0.15, -0.1) is 0 Å². The molecule has 0 saturated carbocycles. The van der Waals surface area contributed by atoms with E-state index in [0.717, 1.165) is 51.4 Å². The molecule has 0 aliphatic rings.